The van der Waals surface area contributed by atoms with Crippen molar-refractivity contribution in [1.29, 1.82) is 0 Å². The van der Waals surface area contributed by atoms with Crippen LogP contribution in [-0.4, -0.2) is 138 Å². The van der Waals surface area contributed by atoms with E-state index in [1.807, 2.05) is 13.8 Å². The summed E-state index contributed by atoms with van der Waals surface area (Å²) in [6, 6.07) is 3.32. The molecule has 0 heterocycles. The Bertz CT molecular complexity index is 2020. The van der Waals surface area contributed by atoms with Crippen LogP contribution in [0.1, 0.15) is 161 Å². The topological polar surface area (TPSA) is 204 Å². The van der Waals surface area contributed by atoms with E-state index in [0.29, 0.717) is 114 Å². The molecule has 0 saturated carbocycles. The molecular weight excluding hydrogens is 957 g/mol. The standard InChI is InChI=1S/C60H92N2O13/c1-9-11-13-15-45-39-51(63)55(49-37-43(7)17-19-47(49)41(3)4)57(65)53(45)59(67)61-21-23-69-25-27-71-29-31-73-33-35-75-36-34-74-32-30-72-28-26-70-24-22-62-60(68)54-46(16-14-12-10-2)40-52(64)56(58(54)66)50-38-44(8)18-20-48(50)42(5)6/h37-40,47-50,63-66H,3,5,9-36H2,1-2,4,6-8H3,(H,61,67)(H,62,68)/t47-,48-,49?,50?/m0/s1. The number of nitrogens with one attached hydrogen (secondary N) is 2. The number of rotatable bonds is 38. The van der Waals surface area contributed by atoms with Crippen LogP contribution in [0.3, 0.4) is 0 Å². The number of aromatic hydroxyl groups is 4. The summed E-state index contributed by atoms with van der Waals surface area (Å²) >= 11 is 0. The molecule has 2 aromatic carbocycles. The van der Waals surface area contributed by atoms with Gasteiger partial charge >= 0.3 is 0 Å². The summed E-state index contributed by atoms with van der Waals surface area (Å²) in [4.78, 5) is 27.1. The Morgan fingerprint density at radius 2 is 0.827 bits per heavy atom. The zero-order valence-electron chi connectivity index (χ0n) is 46.3. The fourth-order valence-corrected chi connectivity index (χ4v) is 10.0. The number of allylic oxidation sites excluding steroid dienone is 6. The third kappa shape index (κ3) is 20.6. The summed E-state index contributed by atoms with van der Waals surface area (Å²) in [6.45, 7) is 26.4. The maximum Gasteiger partial charge on any atom is 0.255 e. The van der Waals surface area contributed by atoms with Gasteiger partial charge in [0, 0.05) is 36.1 Å². The number of ether oxygens (including phenoxy) is 7. The van der Waals surface area contributed by atoms with Gasteiger partial charge in [0.2, 0.25) is 0 Å². The van der Waals surface area contributed by atoms with Crippen LogP contribution in [0, 0.1) is 11.8 Å². The Morgan fingerprint density at radius 1 is 0.520 bits per heavy atom. The summed E-state index contributed by atoms with van der Waals surface area (Å²) in [5.74, 6) is -1.51. The lowest BCUT2D eigenvalue weighted by molar-refractivity contribution is -0.0202. The first kappa shape index (κ1) is 62.8. The number of benzene rings is 2. The zero-order valence-corrected chi connectivity index (χ0v) is 46.3. The van der Waals surface area contributed by atoms with E-state index in [2.05, 4.69) is 63.6 Å². The van der Waals surface area contributed by atoms with E-state index >= 15 is 0 Å². The summed E-state index contributed by atoms with van der Waals surface area (Å²) in [5, 5.41) is 51.4. The van der Waals surface area contributed by atoms with Crippen LogP contribution >= 0.6 is 0 Å². The van der Waals surface area contributed by atoms with Crippen molar-refractivity contribution in [3.05, 3.63) is 93.1 Å². The molecule has 420 valence electrons. The molecule has 0 radical (unpaired) electrons. The zero-order chi connectivity index (χ0) is 54.5. The van der Waals surface area contributed by atoms with E-state index < -0.39 is 11.8 Å². The van der Waals surface area contributed by atoms with Crippen LogP contribution in [0.4, 0.5) is 0 Å². The number of unbranched alkanes of at least 4 members (excludes halogenated alkanes) is 4. The van der Waals surface area contributed by atoms with E-state index in [-0.39, 0.29) is 84.1 Å². The lowest BCUT2D eigenvalue weighted by Crippen LogP contribution is -2.29. The quantitative estimate of drug-likeness (QED) is 0.0274. The van der Waals surface area contributed by atoms with Crippen LogP contribution < -0.4 is 10.6 Å². The van der Waals surface area contributed by atoms with Crippen molar-refractivity contribution in [3.63, 3.8) is 0 Å². The largest absolute Gasteiger partial charge is 0.507 e. The maximum absolute atomic E-state index is 13.6. The number of carbonyl (C=O) groups excluding carboxylic acids is 2. The van der Waals surface area contributed by atoms with Crippen molar-refractivity contribution in [3.8, 4) is 23.0 Å². The van der Waals surface area contributed by atoms with Crippen LogP contribution in [0.15, 0.2) is 59.7 Å². The molecule has 2 aromatic rings. The average molecular weight is 1050 g/mol. The first-order valence-electron chi connectivity index (χ1n) is 27.6. The summed E-state index contributed by atoms with van der Waals surface area (Å²) in [5.41, 5.74) is 6.81. The van der Waals surface area contributed by atoms with Gasteiger partial charge in [0.1, 0.15) is 23.0 Å². The van der Waals surface area contributed by atoms with Gasteiger partial charge in [0.25, 0.3) is 11.8 Å². The van der Waals surface area contributed by atoms with E-state index in [4.69, 9.17) is 33.2 Å². The highest BCUT2D eigenvalue weighted by molar-refractivity contribution is 6.00. The fraction of sp³-hybridized carbons (Fsp3) is 0.633. The molecule has 0 fully saturated rings. The van der Waals surface area contributed by atoms with Gasteiger partial charge in [-0.3, -0.25) is 9.59 Å². The minimum absolute atomic E-state index is 0.0120. The Hall–Kier alpha value is -4.74. The second-order valence-corrected chi connectivity index (χ2v) is 20.2. The molecule has 2 unspecified atom stereocenters. The summed E-state index contributed by atoms with van der Waals surface area (Å²) in [6.07, 6.45) is 14.6. The van der Waals surface area contributed by atoms with Crippen molar-refractivity contribution >= 4 is 11.8 Å². The molecule has 2 amide bonds. The molecule has 0 aromatic heterocycles. The molecule has 4 atom stereocenters. The van der Waals surface area contributed by atoms with Gasteiger partial charge in [-0.25, -0.2) is 0 Å². The number of amides is 2. The molecule has 75 heavy (non-hydrogen) atoms. The van der Waals surface area contributed by atoms with Crippen LogP contribution in [0.25, 0.3) is 0 Å². The predicted molar refractivity (Wildman–Crippen MR) is 294 cm³/mol. The minimum Gasteiger partial charge on any atom is -0.507 e. The Labute approximate surface area is 448 Å². The van der Waals surface area contributed by atoms with Crippen molar-refractivity contribution in [1.82, 2.24) is 10.6 Å². The normalized spacial score (nSPS) is 17.6. The molecule has 4 rings (SSSR count). The number of carbonyl (C=O) groups is 2. The Kier molecular flexibility index (Phi) is 29.2. The van der Waals surface area contributed by atoms with E-state index in [0.717, 1.165) is 75.4 Å². The van der Waals surface area contributed by atoms with Gasteiger partial charge in [0.15, 0.2) is 0 Å². The van der Waals surface area contributed by atoms with Gasteiger partial charge in [-0.05, 0) is 114 Å². The van der Waals surface area contributed by atoms with E-state index in [1.54, 1.807) is 12.1 Å². The fourth-order valence-electron chi connectivity index (χ4n) is 10.0. The Balaban J connectivity index is 0.996. The highest BCUT2D eigenvalue weighted by Gasteiger charge is 2.35. The molecule has 15 heteroatoms. The van der Waals surface area contributed by atoms with Crippen molar-refractivity contribution in [2.75, 3.05) is 106 Å². The molecule has 0 spiro atoms. The molecular formula is C60H92N2O13. The monoisotopic (exact) mass is 1050 g/mol. The number of aryl methyl sites for hydroxylation is 2. The van der Waals surface area contributed by atoms with Crippen molar-refractivity contribution in [2.24, 2.45) is 11.8 Å². The second kappa shape index (κ2) is 34.8. The predicted octanol–water partition coefficient (Wildman–Crippen LogP) is 10.3. The van der Waals surface area contributed by atoms with E-state index in [1.165, 1.54) is 11.1 Å². The molecule has 0 bridgehead atoms. The average Bonchev–Trinajstić information content (AvgIpc) is 3.36. The molecule has 15 nitrogen and oxygen atoms in total. The number of hydrogen-bond donors (Lipinski definition) is 6. The lowest BCUT2D eigenvalue weighted by Gasteiger charge is -2.32. The smallest absolute Gasteiger partial charge is 0.255 e. The maximum atomic E-state index is 13.6. The van der Waals surface area contributed by atoms with Gasteiger partial charge in [0.05, 0.1) is 104 Å². The van der Waals surface area contributed by atoms with Gasteiger partial charge < -0.3 is 64.2 Å². The summed E-state index contributed by atoms with van der Waals surface area (Å²) < 4.78 is 39.3. The number of phenolic OH excluding ortho intramolecular Hbond substituents is 4. The molecule has 0 aliphatic heterocycles. The number of hydrogen-bond acceptors (Lipinski definition) is 13. The highest BCUT2D eigenvalue weighted by atomic mass is 16.6. The lowest BCUT2D eigenvalue weighted by atomic mass is 9.73. The minimum atomic E-state index is -0.392. The second-order valence-electron chi connectivity index (χ2n) is 20.2. The summed E-state index contributed by atoms with van der Waals surface area (Å²) in [7, 11) is 0. The van der Waals surface area contributed by atoms with Crippen LogP contribution in [0.5, 0.6) is 23.0 Å². The molecule has 2 aliphatic carbocycles. The molecule has 6 N–H and O–H groups in total. The van der Waals surface area contributed by atoms with Gasteiger partial charge in [-0.1, -0.05) is 87.1 Å². The number of phenols is 4. The molecule has 0 saturated heterocycles. The Morgan fingerprint density at radius 3 is 1.12 bits per heavy atom. The first-order valence-corrected chi connectivity index (χ1v) is 27.6. The van der Waals surface area contributed by atoms with Gasteiger partial charge in [-0.15, -0.1) is 0 Å². The molecule has 2 aliphatic rings. The third-order valence-corrected chi connectivity index (χ3v) is 14.1. The van der Waals surface area contributed by atoms with Crippen molar-refractivity contribution in [2.45, 2.75) is 130 Å². The highest BCUT2D eigenvalue weighted by Crippen LogP contribution is 2.50. The third-order valence-electron chi connectivity index (χ3n) is 14.1. The van der Waals surface area contributed by atoms with Crippen LogP contribution in [0.2, 0.25) is 0 Å². The first-order chi connectivity index (χ1) is 36.2. The van der Waals surface area contributed by atoms with Crippen molar-refractivity contribution < 1.29 is 63.2 Å². The van der Waals surface area contributed by atoms with Gasteiger partial charge in [-0.2, -0.15) is 0 Å². The van der Waals surface area contributed by atoms with Crippen LogP contribution in [-0.2, 0) is 46.0 Å². The SMILES string of the molecule is C=C(C)[C@@H]1CCC(C)=CC1c1c(O)cc(CCCCC)c(C(=O)NCCOCCOCCOCCOCCOCCOCCOCCNC(=O)c2c(CCCCC)cc(O)c(C3C=C(C)CC[C@H]3C(=C)C)c2O)c1O. The van der Waals surface area contributed by atoms with E-state index in [9.17, 15) is 30.0 Å².